The molecule has 1 aliphatic rings. The van der Waals surface area contributed by atoms with E-state index in [-0.39, 0.29) is 19.1 Å². The van der Waals surface area contributed by atoms with Crippen molar-refractivity contribution in [1.82, 2.24) is 4.90 Å². The van der Waals surface area contributed by atoms with E-state index in [1.54, 1.807) is 37.7 Å². The van der Waals surface area contributed by atoms with Crippen LogP contribution in [0.5, 0.6) is 5.75 Å². The minimum Gasteiger partial charge on any atom is -0.496 e. The molecule has 0 aromatic heterocycles. The van der Waals surface area contributed by atoms with Crippen molar-refractivity contribution in [1.29, 1.82) is 0 Å². The van der Waals surface area contributed by atoms with Gasteiger partial charge >= 0.3 is 24.5 Å². The molecule has 1 heterocycles. The topological polar surface area (TPSA) is 68.3 Å². The third-order valence-electron chi connectivity index (χ3n) is 6.77. The molecule has 1 aliphatic heterocycles. The van der Waals surface area contributed by atoms with Gasteiger partial charge in [-0.1, -0.05) is 6.92 Å². The lowest BCUT2D eigenvalue weighted by atomic mass is 9.89. The van der Waals surface area contributed by atoms with Crippen molar-refractivity contribution in [2.24, 2.45) is 0 Å². The Balaban J connectivity index is 2.21. The number of nitrogens with zero attached hydrogens (tertiary/aromatic N) is 2. The zero-order valence-corrected chi connectivity index (χ0v) is 24.5. The van der Waals surface area contributed by atoms with Crippen molar-refractivity contribution in [2.75, 3.05) is 31.5 Å². The summed E-state index contributed by atoms with van der Waals surface area (Å²) < 4.78 is 97.1. The summed E-state index contributed by atoms with van der Waals surface area (Å²) in [6, 6.07) is 3.08. The number of amides is 2. The molecule has 0 radical (unpaired) electrons. The van der Waals surface area contributed by atoms with Gasteiger partial charge in [0.1, 0.15) is 5.75 Å². The Morgan fingerprint density at radius 3 is 2.12 bits per heavy atom. The maximum Gasteiger partial charge on any atom is 0.416 e. The lowest BCUT2D eigenvalue weighted by Crippen LogP contribution is -2.47. The predicted molar refractivity (Wildman–Crippen MR) is 146 cm³/mol. The van der Waals surface area contributed by atoms with E-state index in [2.05, 4.69) is 0 Å². The quantitative estimate of drug-likeness (QED) is 0.278. The minimum atomic E-state index is -5.06. The summed E-state index contributed by atoms with van der Waals surface area (Å²) >= 11 is 1.60. The van der Waals surface area contributed by atoms with E-state index in [9.17, 15) is 35.9 Å². The molecule has 0 N–H and O–H groups in total. The van der Waals surface area contributed by atoms with Crippen LogP contribution in [0.25, 0.3) is 0 Å². The van der Waals surface area contributed by atoms with Crippen LogP contribution in [0.15, 0.2) is 30.3 Å². The zero-order chi connectivity index (χ0) is 31.4. The monoisotopic (exact) mass is 622 g/mol. The molecule has 0 unspecified atom stereocenters. The summed E-state index contributed by atoms with van der Waals surface area (Å²) in [4.78, 5) is 28.6. The number of hydrogen-bond donors (Lipinski definition) is 0. The minimum absolute atomic E-state index is 0.0297. The van der Waals surface area contributed by atoms with E-state index in [1.165, 1.54) is 12.0 Å². The molecule has 232 valence electrons. The molecule has 0 fully saturated rings. The highest BCUT2D eigenvalue weighted by Gasteiger charge is 2.41. The van der Waals surface area contributed by atoms with Gasteiger partial charge < -0.3 is 14.2 Å². The number of anilines is 1. The van der Waals surface area contributed by atoms with Crippen LogP contribution in [0.1, 0.15) is 61.1 Å². The van der Waals surface area contributed by atoms with Crippen molar-refractivity contribution >= 4 is 29.6 Å². The number of ether oxygens (including phenoxy) is 3. The number of carbonyl (C=O) groups is 2. The highest BCUT2D eigenvalue weighted by molar-refractivity contribution is 7.98. The molecule has 3 rings (SSSR count). The van der Waals surface area contributed by atoms with Gasteiger partial charge in [-0.25, -0.2) is 9.59 Å². The average molecular weight is 623 g/mol. The van der Waals surface area contributed by atoms with Crippen LogP contribution in [0.3, 0.4) is 0 Å². The van der Waals surface area contributed by atoms with Crippen LogP contribution in [0.2, 0.25) is 0 Å². The number of carbonyl (C=O) groups excluding carboxylic acids is 2. The number of methoxy groups -OCH3 is 2. The molecule has 2 aromatic rings. The number of benzene rings is 2. The fraction of sp³-hybridized carbons (Fsp3) is 0.500. The molecule has 0 saturated carbocycles. The van der Waals surface area contributed by atoms with Gasteiger partial charge in [0, 0.05) is 29.5 Å². The molecular weight excluding hydrogens is 590 g/mol. The molecular formula is C28H32F6N2O5S. The van der Waals surface area contributed by atoms with Crippen molar-refractivity contribution in [3.63, 3.8) is 0 Å². The van der Waals surface area contributed by atoms with Crippen LogP contribution in [0, 0.1) is 0 Å². The standard InChI is InChI=1S/C28H32F6N2O5S/c1-6-41-26(38)36-16(3)8-22(21-13-24(39-4)18(11-23(21)36)15-42-7-2)35(25(37)40-5)14-17-9-19(27(29,30)31)12-20(10-17)28(32,33)34/h9-13,16,22H,6-8,14-15H2,1-5H3/t16-,22+/m0/s1. The Hall–Kier alpha value is -3.29. The Labute approximate surface area is 244 Å². The SMILES string of the molecule is CCOC(=O)N1c2cc(CSCC)c(OC)cc2[C@H](N(Cc2cc(C(F)(F)F)cc(C(F)(F)F)c2)C(=O)OC)C[C@@H]1C. The Kier molecular flexibility index (Phi) is 10.6. The van der Waals surface area contributed by atoms with Gasteiger partial charge in [0.15, 0.2) is 0 Å². The van der Waals surface area contributed by atoms with Crippen LogP contribution >= 0.6 is 11.8 Å². The second-order valence-corrected chi connectivity index (χ2v) is 10.8. The van der Waals surface area contributed by atoms with Crippen molar-refractivity contribution in [3.8, 4) is 5.75 Å². The first-order valence-electron chi connectivity index (χ1n) is 13.0. The van der Waals surface area contributed by atoms with E-state index in [0.29, 0.717) is 34.9 Å². The maximum atomic E-state index is 13.6. The van der Waals surface area contributed by atoms with E-state index >= 15 is 0 Å². The van der Waals surface area contributed by atoms with Crippen LogP contribution < -0.4 is 9.64 Å². The highest BCUT2D eigenvalue weighted by Crippen LogP contribution is 2.45. The third-order valence-corrected chi connectivity index (χ3v) is 7.69. The maximum absolute atomic E-state index is 13.6. The lowest BCUT2D eigenvalue weighted by molar-refractivity contribution is -0.143. The summed E-state index contributed by atoms with van der Waals surface area (Å²) in [6.45, 7) is 4.80. The first-order valence-corrected chi connectivity index (χ1v) is 14.2. The summed E-state index contributed by atoms with van der Waals surface area (Å²) in [5.41, 5.74) is -1.85. The van der Waals surface area contributed by atoms with E-state index in [0.717, 1.165) is 23.3 Å². The molecule has 0 spiro atoms. The Bertz CT molecular complexity index is 1250. The molecule has 0 aliphatic carbocycles. The second-order valence-electron chi connectivity index (χ2n) is 9.54. The highest BCUT2D eigenvalue weighted by atomic mass is 32.2. The van der Waals surface area contributed by atoms with Crippen LogP contribution in [0.4, 0.5) is 41.6 Å². The molecule has 14 heteroatoms. The fourth-order valence-corrected chi connectivity index (χ4v) is 5.55. The molecule has 2 atom stereocenters. The summed E-state index contributed by atoms with van der Waals surface area (Å²) in [5, 5.41) is 0. The van der Waals surface area contributed by atoms with E-state index < -0.39 is 59.9 Å². The first-order chi connectivity index (χ1) is 19.7. The van der Waals surface area contributed by atoms with Crippen LogP contribution in [-0.4, -0.2) is 49.7 Å². The van der Waals surface area contributed by atoms with Crippen molar-refractivity contribution in [3.05, 3.63) is 58.1 Å². The largest absolute Gasteiger partial charge is 0.496 e. The number of rotatable bonds is 8. The second kappa shape index (κ2) is 13.3. The summed E-state index contributed by atoms with van der Waals surface area (Å²) in [7, 11) is 2.51. The van der Waals surface area contributed by atoms with Crippen molar-refractivity contribution in [2.45, 2.75) is 63.9 Å². The molecule has 7 nitrogen and oxygen atoms in total. The van der Waals surface area contributed by atoms with Gasteiger partial charge in [-0.15, -0.1) is 0 Å². The van der Waals surface area contributed by atoms with E-state index in [1.807, 2.05) is 6.92 Å². The molecule has 0 bridgehead atoms. The van der Waals surface area contributed by atoms with Gasteiger partial charge in [0.2, 0.25) is 0 Å². The van der Waals surface area contributed by atoms with Gasteiger partial charge in [0.25, 0.3) is 0 Å². The smallest absolute Gasteiger partial charge is 0.416 e. The predicted octanol–water partition coefficient (Wildman–Crippen LogP) is 8.05. The third kappa shape index (κ3) is 7.37. The normalized spacial score (nSPS) is 17.0. The number of alkyl halides is 6. The lowest BCUT2D eigenvalue weighted by Gasteiger charge is -2.43. The van der Waals surface area contributed by atoms with Gasteiger partial charge in [0.05, 0.1) is 43.7 Å². The van der Waals surface area contributed by atoms with Crippen LogP contribution in [-0.2, 0) is 34.1 Å². The Morgan fingerprint density at radius 1 is 1.00 bits per heavy atom. The van der Waals surface area contributed by atoms with Gasteiger partial charge in [-0.2, -0.15) is 38.1 Å². The van der Waals surface area contributed by atoms with Gasteiger partial charge in [-0.3, -0.25) is 9.80 Å². The molecule has 2 aromatic carbocycles. The molecule has 42 heavy (non-hydrogen) atoms. The zero-order valence-electron chi connectivity index (χ0n) is 23.7. The average Bonchev–Trinajstić information content (AvgIpc) is 2.92. The van der Waals surface area contributed by atoms with E-state index in [4.69, 9.17) is 14.2 Å². The first kappa shape index (κ1) is 33.2. The number of thioether (sulfide) groups is 1. The molecule has 2 amide bonds. The number of hydrogen-bond acceptors (Lipinski definition) is 6. The van der Waals surface area contributed by atoms with Gasteiger partial charge in [-0.05, 0) is 61.9 Å². The number of halogens is 6. The fourth-order valence-electron chi connectivity index (χ4n) is 4.90. The summed E-state index contributed by atoms with van der Waals surface area (Å²) in [5.74, 6) is 1.78. The number of fused-ring (bicyclic) bond motifs is 1. The van der Waals surface area contributed by atoms with Crippen molar-refractivity contribution < 1.29 is 50.1 Å². The Morgan fingerprint density at radius 2 is 1.62 bits per heavy atom. The summed E-state index contributed by atoms with van der Waals surface area (Å²) in [6.07, 6.45) is -11.6. The molecule has 0 saturated heterocycles.